The second kappa shape index (κ2) is 9.17. The highest BCUT2D eigenvalue weighted by molar-refractivity contribution is 6.17. The second-order valence-electron chi connectivity index (χ2n) is 11.1. The van der Waals surface area contributed by atoms with Crippen molar-refractivity contribution in [2.45, 2.75) is 58.3 Å². The lowest BCUT2D eigenvalue weighted by Crippen LogP contribution is -2.53. The van der Waals surface area contributed by atoms with Crippen molar-refractivity contribution in [3.8, 4) is 22.6 Å². The van der Waals surface area contributed by atoms with Crippen LogP contribution in [0.25, 0.3) is 11.1 Å². The minimum Gasteiger partial charge on any atom is -0.496 e. The topological polar surface area (TPSA) is 91.4 Å². The molecular formula is C29H35NO7. The maximum Gasteiger partial charge on any atom is 0.329 e. The van der Waals surface area contributed by atoms with E-state index in [0.29, 0.717) is 11.5 Å². The zero-order valence-corrected chi connectivity index (χ0v) is 22.7. The van der Waals surface area contributed by atoms with Crippen molar-refractivity contribution < 1.29 is 33.3 Å². The molecule has 2 aliphatic rings. The molecule has 0 spiro atoms. The molecular weight excluding hydrogens is 474 g/mol. The van der Waals surface area contributed by atoms with E-state index in [0.717, 1.165) is 21.6 Å². The van der Waals surface area contributed by atoms with Gasteiger partial charge in [0.2, 0.25) is 5.91 Å². The summed E-state index contributed by atoms with van der Waals surface area (Å²) in [6, 6.07) is 12.0. The van der Waals surface area contributed by atoms with Gasteiger partial charge in [-0.2, -0.15) is 0 Å². The largest absolute Gasteiger partial charge is 0.496 e. The van der Waals surface area contributed by atoms with Gasteiger partial charge in [0.25, 0.3) is 5.91 Å². The van der Waals surface area contributed by atoms with Gasteiger partial charge in [0.15, 0.2) is 5.60 Å². The van der Waals surface area contributed by atoms with Crippen molar-refractivity contribution in [3.05, 3.63) is 48.0 Å². The van der Waals surface area contributed by atoms with Crippen LogP contribution < -0.4 is 9.47 Å². The highest BCUT2D eigenvalue weighted by atomic mass is 16.5. The molecule has 0 radical (unpaired) electrons. The first-order valence-corrected chi connectivity index (χ1v) is 12.3. The van der Waals surface area contributed by atoms with E-state index < -0.39 is 46.4 Å². The molecule has 1 saturated heterocycles. The van der Waals surface area contributed by atoms with Crippen molar-refractivity contribution in [3.63, 3.8) is 0 Å². The molecule has 4 rings (SSSR count). The van der Waals surface area contributed by atoms with Crippen LogP contribution >= 0.6 is 0 Å². The summed E-state index contributed by atoms with van der Waals surface area (Å²) in [6.45, 7) is 9.26. The number of hydrogen-bond donors (Lipinski definition) is 0. The molecule has 1 saturated carbocycles. The number of rotatable bonds is 8. The fourth-order valence-electron chi connectivity index (χ4n) is 5.62. The lowest BCUT2D eigenvalue weighted by Gasteiger charge is -2.33. The molecule has 1 aliphatic heterocycles. The second-order valence-corrected chi connectivity index (χ2v) is 11.1. The Morgan fingerprint density at radius 3 is 2.03 bits per heavy atom. The first-order chi connectivity index (χ1) is 17.3. The number of methoxy groups -OCH3 is 3. The number of carbonyl (C=O) groups excluding carboxylic acids is 3. The number of carbonyl (C=O) groups is 3. The molecule has 1 heterocycles. The van der Waals surface area contributed by atoms with Gasteiger partial charge in [-0.05, 0) is 44.0 Å². The lowest BCUT2D eigenvalue weighted by atomic mass is 9.97. The Bertz CT molecular complexity index is 1210. The van der Waals surface area contributed by atoms with Crippen LogP contribution in [0.15, 0.2) is 42.5 Å². The predicted molar refractivity (Wildman–Crippen MR) is 137 cm³/mol. The molecule has 0 aromatic heterocycles. The molecule has 2 amide bonds. The van der Waals surface area contributed by atoms with Crippen molar-refractivity contribution in [2.24, 2.45) is 11.3 Å². The van der Waals surface area contributed by atoms with Gasteiger partial charge in [0.1, 0.15) is 17.5 Å². The summed E-state index contributed by atoms with van der Waals surface area (Å²) in [5.74, 6) is -0.836. The van der Waals surface area contributed by atoms with E-state index in [9.17, 15) is 14.4 Å². The normalized spacial score (nSPS) is 22.9. The van der Waals surface area contributed by atoms with Crippen LogP contribution in [0.5, 0.6) is 11.5 Å². The van der Waals surface area contributed by atoms with Crippen LogP contribution in [0, 0.1) is 11.3 Å². The molecule has 2 unspecified atom stereocenters. The minimum atomic E-state index is -1.28. The molecule has 3 atom stereocenters. The molecule has 37 heavy (non-hydrogen) atoms. The maximum absolute atomic E-state index is 13.7. The van der Waals surface area contributed by atoms with E-state index in [2.05, 4.69) is 0 Å². The number of amides is 2. The van der Waals surface area contributed by atoms with Crippen LogP contribution in [0.3, 0.4) is 0 Å². The molecule has 198 valence electrons. The first-order valence-electron chi connectivity index (χ1n) is 12.3. The summed E-state index contributed by atoms with van der Waals surface area (Å²) in [5, 5.41) is 0. The zero-order chi connectivity index (χ0) is 27.3. The Balaban J connectivity index is 1.64. The monoisotopic (exact) mass is 509 g/mol. The van der Waals surface area contributed by atoms with Crippen LogP contribution in [0.2, 0.25) is 0 Å². The van der Waals surface area contributed by atoms with Gasteiger partial charge >= 0.3 is 5.97 Å². The molecule has 1 aliphatic carbocycles. The molecule has 8 nitrogen and oxygen atoms in total. The van der Waals surface area contributed by atoms with Crippen molar-refractivity contribution in [1.29, 1.82) is 0 Å². The average molecular weight is 510 g/mol. The van der Waals surface area contributed by atoms with Crippen molar-refractivity contribution >= 4 is 17.8 Å². The summed E-state index contributed by atoms with van der Waals surface area (Å²) in [7, 11) is 4.45. The standard InChI is InChI=1S/C29H35NO7/c1-27(2,3)37-29-23(28(29,4)5)24(31)30(26(29)33)19(25(32)36-8)16-17-12-14-18(15-13-17)22-20(34-6)10-9-11-21(22)35-7/h9-15,19,23H,16H2,1-8H3/t19-,23?,29?/m0/s1. The molecule has 8 heteroatoms. The molecule has 0 bridgehead atoms. The zero-order valence-electron chi connectivity index (χ0n) is 22.7. The Morgan fingerprint density at radius 2 is 1.54 bits per heavy atom. The first kappa shape index (κ1) is 26.7. The van der Waals surface area contributed by atoms with Crippen molar-refractivity contribution in [1.82, 2.24) is 4.90 Å². The number of ether oxygens (including phenoxy) is 4. The van der Waals surface area contributed by atoms with Gasteiger partial charge in [-0.3, -0.25) is 14.5 Å². The van der Waals surface area contributed by atoms with Crippen LogP contribution in [-0.4, -0.2) is 61.3 Å². The van der Waals surface area contributed by atoms with E-state index in [1.807, 2.05) is 77.1 Å². The summed E-state index contributed by atoms with van der Waals surface area (Å²) >= 11 is 0. The highest BCUT2D eigenvalue weighted by Crippen LogP contribution is 2.70. The summed E-state index contributed by atoms with van der Waals surface area (Å²) < 4.78 is 22.3. The number of benzene rings is 2. The number of likely N-dealkylation sites (tertiary alicyclic amines) is 1. The van der Waals surface area contributed by atoms with Crippen molar-refractivity contribution in [2.75, 3.05) is 21.3 Å². The smallest absolute Gasteiger partial charge is 0.329 e. The van der Waals surface area contributed by atoms with Crippen LogP contribution in [0.1, 0.15) is 40.2 Å². The SMILES string of the molecule is COC(=O)[C@H](Cc1ccc(-c2c(OC)cccc2OC)cc1)N1C(=O)C2C(C)(C)C2(OC(C)(C)C)C1=O. The van der Waals surface area contributed by atoms with Gasteiger partial charge < -0.3 is 18.9 Å². The fraction of sp³-hybridized carbons (Fsp3) is 0.483. The quantitative estimate of drug-likeness (QED) is 0.392. The van der Waals surface area contributed by atoms with Crippen LogP contribution in [0.4, 0.5) is 0 Å². The maximum atomic E-state index is 13.7. The summed E-state index contributed by atoms with van der Waals surface area (Å²) in [4.78, 5) is 41.2. The molecule has 2 aromatic carbocycles. The number of esters is 1. The third-order valence-corrected chi connectivity index (χ3v) is 7.37. The third kappa shape index (κ3) is 4.17. The summed E-state index contributed by atoms with van der Waals surface area (Å²) in [6.07, 6.45) is 0.117. The van der Waals surface area contributed by atoms with Gasteiger partial charge in [-0.15, -0.1) is 0 Å². The Morgan fingerprint density at radius 1 is 0.973 bits per heavy atom. The summed E-state index contributed by atoms with van der Waals surface area (Å²) in [5.41, 5.74) is -0.147. The Hall–Kier alpha value is -3.39. The number of hydrogen-bond acceptors (Lipinski definition) is 7. The molecule has 0 N–H and O–H groups in total. The van der Waals surface area contributed by atoms with Crippen LogP contribution in [-0.2, 0) is 30.3 Å². The third-order valence-electron chi connectivity index (χ3n) is 7.37. The molecule has 2 fully saturated rings. The van der Waals surface area contributed by atoms with E-state index in [1.165, 1.54) is 7.11 Å². The average Bonchev–Trinajstić information content (AvgIpc) is 3.24. The Labute approximate surface area is 217 Å². The highest BCUT2D eigenvalue weighted by Gasteiger charge is 2.87. The van der Waals surface area contributed by atoms with Gasteiger partial charge in [-0.1, -0.05) is 44.2 Å². The Kier molecular flexibility index (Phi) is 6.61. The van der Waals surface area contributed by atoms with Gasteiger partial charge in [0.05, 0.1) is 38.4 Å². The minimum absolute atomic E-state index is 0.117. The van der Waals surface area contributed by atoms with Gasteiger partial charge in [0, 0.05) is 11.8 Å². The number of fused-ring (bicyclic) bond motifs is 1. The fourth-order valence-corrected chi connectivity index (χ4v) is 5.62. The number of nitrogens with zero attached hydrogens (tertiary/aromatic N) is 1. The lowest BCUT2D eigenvalue weighted by molar-refractivity contribution is -0.168. The van der Waals surface area contributed by atoms with E-state index in [-0.39, 0.29) is 6.42 Å². The van der Waals surface area contributed by atoms with E-state index in [1.54, 1.807) is 14.2 Å². The van der Waals surface area contributed by atoms with E-state index >= 15 is 0 Å². The molecule has 2 aromatic rings. The number of piperidine rings is 1. The van der Waals surface area contributed by atoms with E-state index in [4.69, 9.17) is 18.9 Å². The van der Waals surface area contributed by atoms with Gasteiger partial charge in [-0.25, -0.2) is 4.79 Å². The number of imide groups is 1. The predicted octanol–water partition coefficient (Wildman–Crippen LogP) is 4.03.